The third-order valence-corrected chi connectivity index (χ3v) is 8.56. The van der Waals surface area contributed by atoms with Gasteiger partial charge in [-0.25, -0.2) is 8.42 Å². The molecule has 6 heteroatoms. The Labute approximate surface area is 196 Å². The largest absolute Gasteiger partial charge is 0.369 e. The molecule has 0 aromatic heterocycles. The number of piperazine rings is 1. The van der Waals surface area contributed by atoms with Crippen LogP contribution in [0.4, 0.5) is 5.69 Å². The smallest absolute Gasteiger partial charge is 0.185 e. The van der Waals surface area contributed by atoms with E-state index in [0.717, 1.165) is 49.7 Å². The molecule has 0 aliphatic carbocycles. The Kier molecular flexibility index (Phi) is 7.51. The summed E-state index contributed by atoms with van der Waals surface area (Å²) in [6.45, 7) is 4.79. The molecule has 1 atom stereocenters. The molecule has 1 fully saturated rings. The molecular formula is C26H29ClN2O2S. The van der Waals surface area contributed by atoms with Crippen LogP contribution in [0.1, 0.15) is 23.7 Å². The molecular weight excluding hydrogens is 440 g/mol. The van der Waals surface area contributed by atoms with Crippen molar-refractivity contribution in [3.63, 3.8) is 0 Å². The minimum absolute atomic E-state index is 0.394. The summed E-state index contributed by atoms with van der Waals surface area (Å²) in [6, 6.07) is 26.4. The number of sulfone groups is 1. The van der Waals surface area contributed by atoms with Gasteiger partial charge in [0.1, 0.15) is 0 Å². The minimum Gasteiger partial charge on any atom is -0.369 e. The van der Waals surface area contributed by atoms with E-state index in [-0.39, 0.29) is 0 Å². The summed E-state index contributed by atoms with van der Waals surface area (Å²) < 4.78 is 26.8. The van der Waals surface area contributed by atoms with E-state index in [9.17, 15) is 8.42 Å². The van der Waals surface area contributed by atoms with E-state index >= 15 is 0 Å². The monoisotopic (exact) mass is 468 g/mol. The lowest BCUT2D eigenvalue weighted by molar-refractivity contribution is 0.252. The maximum atomic E-state index is 13.4. The Morgan fingerprint density at radius 1 is 0.781 bits per heavy atom. The molecule has 4 nitrogen and oxygen atoms in total. The molecule has 168 valence electrons. The first kappa shape index (κ1) is 22.8. The van der Waals surface area contributed by atoms with Gasteiger partial charge in [0.05, 0.1) is 10.1 Å². The van der Waals surface area contributed by atoms with Crippen molar-refractivity contribution in [3.05, 3.63) is 95.5 Å². The minimum atomic E-state index is -3.44. The molecule has 1 aliphatic heterocycles. The lowest BCUT2D eigenvalue weighted by atomic mass is 10.1. The highest BCUT2D eigenvalue weighted by molar-refractivity contribution is 7.91. The fourth-order valence-corrected chi connectivity index (χ4v) is 6.31. The van der Waals surface area contributed by atoms with Gasteiger partial charge in [0.25, 0.3) is 0 Å². The van der Waals surface area contributed by atoms with Crippen molar-refractivity contribution < 1.29 is 8.42 Å². The van der Waals surface area contributed by atoms with Gasteiger partial charge in [-0.1, -0.05) is 60.1 Å². The van der Waals surface area contributed by atoms with Crippen molar-refractivity contribution >= 4 is 27.1 Å². The first-order chi connectivity index (χ1) is 15.5. The second-order valence-corrected chi connectivity index (χ2v) is 10.8. The molecule has 0 N–H and O–H groups in total. The molecule has 0 bridgehead atoms. The Bertz CT molecular complexity index is 1080. The average molecular weight is 469 g/mol. The molecule has 3 aromatic carbocycles. The predicted octanol–water partition coefficient (Wildman–Crippen LogP) is 5.46. The molecule has 4 rings (SSSR count). The van der Waals surface area contributed by atoms with Gasteiger partial charge < -0.3 is 4.90 Å². The molecule has 3 aromatic rings. The molecule has 1 unspecified atom stereocenters. The van der Waals surface area contributed by atoms with E-state index < -0.39 is 15.1 Å². The summed E-state index contributed by atoms with van der Waals surface area (Å²) in [7, 11) is -3.44. The van der Waals surface area contributed by atoms with Crippen molar-refractivity contribution in [2.45, 2.75) is 23.0 Å². The van der Waals surface area contributed by atoms with Gasteiger partial charge in [-0.15, -0.1) is 0 Å². The van der Waals surface area contributed by atoms with Gasteiger partial charge in [-0.05, 0) is 61.3 Å². The third-order valence-electron chi connectivity index (χ3n) is 6.12. The number of hydrogen-bond donors (Lipinski definition) is 0. The molecule has 0 amide bonds. The van der Waals surface area contributed by atoms with Crippen molar-refractivity contribution in [2.75, 3.05) is 37.6 Å². The quantitative estimate of drug-likeness (QED) is 0.440. The Hall–Kier alpha value is -2.34. The molecule has 1 aliphatic rings. The summed E-state index contributed by atoms with van der Waals surface area (Å²) in [5.74, 6) is 0. The van der Waals surface area contributed by atoms with Crippen molar-refractivity contribution in [1.82, 2.24) is 4.90 Å². The molecule has 1 heterocycles. The van der Waals surface area contributed by atoms with Gasteiger partial charge in [-0.3, -0.25) is 4.90 Å². The van der Waals surface area contributed by atoms with E-state index in [1.807, 2.05) is 48.5 Å². The van der Waals surface area contributed by atoms with Gasteiger partial charge in [0.2, 0.25) is 0 Å². The predicted molar refractivity (Wildman–Crippen MR) is 132 cm³/mol. The number of benzene rings is 3. The fourth-order valence-electron chi connectivity index (χ4n) is 4.32. The zero-order chi connectivity index (χ0) is 22.4. The SMILES string of the molecule is O=S(=O)(c1ccccc1)C(CCCN1CCN(c2ccc(Cl)cc2)CC1)c1ccccc1. The van der Waals surface area contributed by atoms with E-state index in [1.165, 1.54) is 5.69 Å². The van der Waals surface area contributed by atoms with Gasteiger partial charge >= 0.3 is 0 Å². The normalized spacial score (nSPS) is 16.1. The first-order valence-electron chi connectivity index (χ1n) is 11.1. The van der Waals surface area contributed by atoms with Crippen LogP contribution in [0, 0.1) is 0 Å². The van der Waals surface area contributed by atoms with Gasteiger partial charge in [-0.2, -0.15) is 0 Å². The Morgan fingerprint density at radius 2 is 1.38 bits per heavy atom. The Balaban J connectivity index is 1.37. The third kappa shape index (κ3) is 5.52. The van der Waals surface area contributed by atoms with Crippen LogP contribution in [0.2, 0.25) is 5.02 Å². The second-order valence-electron chi connectivity index (χ2n) is 8.20. The van der Waals surface area contributed by atoms with Crippen LogP contribution in [0.25, 0.3) is 0 Å². The Morgan fingerprint density at radius 3 is 2.00 bits per heavy atom. The fraction of sp³-hybridized carbons (Fsp3) is 0.308. The molecule has 0 radical (unpaired) electrons. The summed E-state index contributed by atoms with van der Waals surface area (Å²) >= 11 is 6.00. The van der Waals surface area contributed by atoms with Crippen LogP contribution >= 0.6 is 11.6 Å². The van der Waals surface area contributed by atoms with Crippen LogP contribution in [0.15, 0.2) is 89.8 Å². The lowest BCUT2D eigenvalue weighted by Crippen LogP contribution is -2.46. The van der Waals surface area contributed by atoms with Gasteiger partial charge in [0, 0.05) is 36.9 Å². The standard InChI is InChI=1S/C26H29ClN2O2S/c27-23-13-15-24(16-14-23)29-20-18-28(19-21-29)17-7-12-26(22-8-3-1-4-9-22)32(30,31)25-10-5-2-6-11-25/h1-6,8-11,13-16,26H,7,12,17-21H2. The van der Waals surface area contributed by atoms with Crippen LogP contribution < -0.4 is 4.90 Å². The van der Waals surface area contributed by atoms with Crippen molar-refractivity contribution in [2.24, 2.45) is 0 Å². The summed E-state index contributed by atoms with van der Waals surface area (Å²) in [5.41, 5.74) is 2.07. The zero-order valence-electron chi connectivity index (χ0n) is 18.1. The van der Waals surface area contributed by atoms with Crippen LogP contribution in [0.3, 0.4) is 0 Å². The van der Waals surface area contributed by atoms with Crippen molar-refractivity contribution in [1.29, 1.82) is 0 Å². The average Bonchev–Trinajstić information content (AvgIpc) is 2.84. The van der Waals surface area contributed by atoms with Crippen LogP contribution in [0.5, 0.6) is 0 Å². The number of anilines is 1. The molecule has 0 saturated carbocycles. The van der Waals surface area contributed by atoms with E-state index in [2.05, 4.69) is 21.9 Å². The maximum absolute atomic E-state index is 13.4. The molecule has 1 saturated heterocycles. The topological polar surface area (TPSA) is 40.6 Å². The number of halogens is 1. The summed E-state index contributed by atoms with van der Waals surface area (Å²) in [5, 5.41) is 0.229. The lowest BCUT2D eigenvalue weighted by Gasteiger charge is -2.36. The second kappa shape index (κ2) is 10.5. The summed E-state index contributed by atoms with van der Waals surface area (Å²) in [6.07, 6.45) is 1.45. The molecule has 0 spiro atoms. The first-order valence-corrected chi connectivity index (χ1v) is 13.0. The highest BCUT2D eigenvalue weighted by atomic mass is 35.5. The molecule has 32 heavy (non-hydrogen) atoms. The van der Waals surface area contributed by atoms with Crippen LogP contribution in [-0.4, -0.2) is 46.0 Å². The van der Waals surface area contributed by atoms with E-state index in [0.29, 0.717) is 11.3 Å². The highest BCUT2D eigenvalue weighted by Gasteiger charge is 2.29. The summed E-state index contributed by atoms with van der Waals surface area (Å²) in [4.78, 5) is 5.20. The number of nitrogens with zero attached hydrogens (tertiary/aromatic N) is 2. The van der Waals surface area contributed by atoms with Crippen molar-refractivity contribution in [3.8, 4) is 0 Å². The maximum Gasteiger partial charge on any atom is 0.185 e. The van der Waals surface area contributed by atoms with Crippen LogP contribution in [-0.2, 0) is 9.84 Å². The zero-order valence-corrected chi connectivity index (χ0v) is 19.7. The van der Waals surface area contributed by atoms with E-state index in [4.69, 9.17) is 11.6 Å². The highest BCUT2D eigenvalue weighted by Crippen LogP contribution is 2.33. The number of rotatable bonds is 8. The van der Waals surface area contributed by atoms with Gasteiger partial charge in [0.15, 0.2) is 9.84 Å². The van der Waals surface area contributed by atoms with E-state index in [1.54, 1.807) is 24.3 Å². The number of hydrogen-bond acceptors (Lipinski definition) is 4.